The highest BCUT2D eigenvalue weighted by Crippen LogP contribution is 2.51. The van der Waals surface area contributed by atoms with Crippen LogP contribution in [0.4, 0.5) is 14.6 Å². The summed E-state index contributed by atoms with van der Waals surface area (Å²) in [5.41, 5.74) is 3.57. The third-order valence-electron chi connectivity index (χ3n) is 4.92. The van der Waals surface area contributed by atoms with E-state index in [1.807, 2.05) is 0 Å². The molecule has 2 N–H and O–H groups in total. The Balaban J connectivity index is 2.04. The Bertz CT molecular complexity index is 1080. The number of nitrogens with two attached hydrogens (primary N) is 1. The Morgan fingerprint density at radius 3 is 2.05 bits per heavy atom. The fraction of sp³-hybridized carbons (Fsp3) is 0.739. The first-order valence-electron chi connectivity index (χ1n) is 12.0. The van der Waals surface area contributed by atoms with Crippen molar-refractivity contribution in [2.45, 2.75) is 79.1 Å². The van der Waals surface area contributed by atoms with Crippen molar-refractivity contribution in [2.24, 2.45) is 10.8 Å². The molecule has 0 unspecified atom stereocenters. The van der Waals surface area contributed by atoms with Gasteiger partial charge in [0.2, 0.25) is 19.8 Å². The van der Waals surface area contributed by atoms with E-state index in [0.717, 1.165) is 12.3 Å². The van der Waals surface area contributed by atoms with E-state index in [9.17, 15) is 27.7 Å². The van der Waals surface area contributed by atoms with Crippen molar-refractivity contribution in [1.29, 1.82) is 0 Å². The van der Waals surface area contributed by atoms with Gasteiger partial charge < -0.3 is 19.9 Å². The van der Waals surface area contributed by atoms with E-state index in [0.29, 0.717) is 4.57 Å². The Labute approximate surface area is 224 Å². The fourth-order valence-corrected chi connectivity index (χ4v) is 4.21. The smallest absolute Gasteiger partial charge is 0.438 e. The summed E-state index contributed by atoms with van der Waals surface area (Å²) >= 11 is 0. The maximum atomic E-state index is 14.7. The number of anilines is 1. The zero-order valence-corrected chi connectivity index (χ0v) is 23.7. The molecule has 0 aliphatic carbocycles. The molecule has 0 amide bonds. The van der Waals surface area contributed by atoms with Crippen molar-refractivity contribution < 1.29 is 50.7 Å². The first-order chi connectivity index (χ1) is 17.8. The van der Waals surface area contributed by atoms with Gasteiger partial charge in [-0.3, -0.25) is 18.7 Å². The normalized spacial score (nSPS) is 19.6. The van der Waals surface area contributed by atoms with Gasteiger partial charge in [0.15, 0.2) is 0 Å². The number of aromatic nitrogens is 2. The van der Waals surface area contributed by atoms with Gasteiger partial charge >= 0.3 is 25.5 Å². The van der Waals surface area contributed by atoms with E-state index >= 15 is 0 Å². The van der Waals surface area contributed by atoms with E-state index < -0.39 is 81.1 Å². The maximum Gasteiger partial charge on any atom is 0.480 e. The molecule has 0 bridgehead atoms. The summed E-state index contributed by atoms with van der Waals surface area (Å²) in [6.07, 6.45) is -3.22. The van der Waals surface area contributed by atoms with Crippen molar-refractivity contribution in [1.82, 2.24) is 9.55 Å². The van der Waals surface area contributed by atoms with Crippen LogP contribution < -0.4 is 11.4 Å². The molecule has 0 radical (unpaired) electrons. The van der Waals surface area contributed by atoms with Gasteiger partial charge in [-0.15, -0.1) is 0 Å². The minimum absolute atomic E-state index is 0.0263. The van der Waals surface area contributed by atoms with Crippen LogP contribution in [0, 0.1) is 10.8 Å². The lowest BCUT2D eigenvalue weighted by Gasteiger charge is -2.21. The van der Waals surface area contributed by atoms with E-state index in [1.165, 1.54) is 0 Å². The van der Waals surface area contributed by atoms with Crippen LogP contribution in [0.5, 0.6) is 0 Å². The van der Waals surface area contributed by atoms with Gasteiger partial charge in [0.05, 0.1) is 25.6 Å². The molecule has 0 saturated carbocycles. The largest absolute Gasteiger partial charge is 0.480 e. The predicted molar refractivity (Wildman–Crippen MR) is 132 cm³/mol. The number of phosphoric ester groups is 1. The molecule has 0 spiro atoms. The van der Waals surface area contributed by atoms with Crippen LogP contribution in [0.1, 0.15) is 67.0 Å². The van der Waals surface area contributed by atoms with Crippen molar-refractivity contribution in [3.8, 4) is 0 Å². The standard InChI is InChI=1S/C23H36F2N3O10P/c1-21(2,3)10-17(29)33-13-36-39(32,37-14-34-18(30)11-22(4,5)6)35-12-15-9-23(24,25)19(38-15)28-8-7-16(26)27-20(28)31/h7-8,15,19H,9-14H2,1-6H3,(H2,26,27,31)/t15-,19+/m0/s1. The Hall–Kier alpha value is -2.45. The highest BCUT2D eigenvalue weighted by molar-refractivity contribution is 7.48. The number of rotatable bonds is 12. The number of carbonyl (C=O) groups excluding carboxylic acids is 2. The molecule has 0 aromatic carbocycles. The number of alkyl halides is 2. The lowest BCUT2D eigenvalue weighted by atomic mass is 9.92. The lowest BCUT2D eigenvalue weighted by molar-refractivity contribution is -0.156. The minimum Gasteiger partial charge on any atom is -0.438 e. The van der Waals surface area contributed by atoms with Crippen molar-refractivity contribution in [3.05, 3.63) is 22.7 Å². The summed E-state index contributed by atoms with van der Waals surface area (Å²) < 4.78 is 73.3. The Morgan fingerprint density at radius 2 is 1.59 bits per heavy atom. The Kier molecular flexibility index (Phi) is 10.8. The van der Waals surface area contributed by atoms with E-state index in [4.69, 9.17) is 33.5 Å². The number of hydrogen-bond donors (Lipinski definition) is 1. The quantitative estimate of drug-likeness (QED) is 0.215. The van der Waals surface area contributed by atoms with Gasteiger partial charge in [0.25, 0.3) is 5.92 Å². The number of phosphoric acid groups is 1. The molecule has 1 aromatic heterocycles. The molecule has 1 aliphatic heterocycles. The van der Waals surface area contributed by atoms with E-state index in [-0.39, 0.29) is 18.7 Å². The number of ether oxygens (including phenoxy) is 3. The van der Waals surface area contributed by atoms with Crippen molar-refractivity contribution in [3.63, 3.8) is 0 Å². The van der Waals surface area contributed by atoms with Crippen LogP contribution >= 0.6 is 7.82 Å². The van der Waals surface area contributed by atoms with Crippen LogP contribution in [0.3, 0.4) is 0 Å². The summed E-state index contributed by atoms with van der Waals surface area (Å²) in [6, 6.07) is 1.16. The first-order valence-corrected chi connectivity index (χ1v) is 13.5. The van der Waals surface area contributed by atoms with Crippen LogP contribution in [0.2, 0.25) is 0 Å². The molecule has 39 heavy (non-hydrogen) atoms. The van der Waals surface area contributed by atoms with Crippen molar-refractivity contribution >= 4 is 25.6 Å². The number of esters is 2. The van der Waals surface area contributed by atoms with Gasteiger partial charge in [0, 0.05) is 12.6 Å². The second-order valence-electron chi connectivity index (χ2n) is 11.4. The van der Waals surface area contributed by atoms with Gasteiger partial charge in [-0.05, 0) is 16.9 Å². The molecular weight excluding hydrogens is 547 g/mol. The molecule has 13 nitrogen and oxygen atoms in total. The van der Waals surface area contributed by atoms with Crippen molar-refractivity contribution in [2.75, 3.05) is 25.9 Å². The van der Waals surface area contributed by atoms with Crippen LogP contribution in [0.25, 0.3) is 0 Å². The molecule has 1 aromatic rings. The highest BCUT2D eigenvalue weighted by Gasteiger charge is 2.52. The highest BCUT2D eigenvalue weighted by atomic mass is 31.2. The van der Waals surface area contributed by atoms with E-state index in [1.54, 1.807) is 41.5 Å². The molecule has 2 rings (SSSR count). The second-order valence-corrected chi connectivity index (χ2v) is 13.0. The van der Waals surface area contributed by atoms with Gasteiger partial charge in [-0.1, -0.05) is 41.5 Å². The SMILES string of the molecule is CC(C)(C)CC(=O)OCOP(=O)(OCOC(=O)CC(C)(C)C)OC[C@@H]1CC(F)(F)[C@H](n2ccc(N)nc2=O)O1. The molecule has 1 fully saturated rings. The first kappa shape index (κ1) is 32.8. The zero-order chi connectivity index (χ0) is 29.6. The molecule has 222 valence electrons. The Morgan fingerprint density at radius 1 is 1.08 bits per heavy atom. The average molecular weight is 584 g/mol. The molecule has 2 atom stereocenters. The topological polar surface area (TPSA) is 167 Å². The minimum atomic E-state index is -4.61. The number of nitrogens with zero attached hydrogens (tertiary/aromatic N) is 2. The summed E-state index contributed by atoms with van der Waals surface area (Å²) in [6.45, 7) is 8.39. The molecule has 16 heteroatoms. The number of halogens is 2. The van der Waals surface area contributed by atoms with Crippen LogP contribution in [-0.2, 0) is 41.9 Å². The third-order valence-corrected chi connectivity index (χ3v) is 6.22. The van der Waals surface area contributed by atoms with Gasteiger partial charge in [-0.2, -0.15) is 4.98 Å². The van der Waals surface area contributed by atoms with Crippen LogP contribution in [-0.4, -0.2) is 53.7 Å². The third kappa shape index (κ3) is 11.3. The summed E-state index contributed by atoms with van der Waals surface area (Å²) in [5.74, 6) is -4.99. The molecule has 2 heterocycles. The summed E-state index contributed by atoms with van der Waals surface area (Å²) in [7, 11) is -4.61. The maximum absolute atomic E-state index is 14.7. The number of hydrogen-bond acceptors (Lipinski definition) is 12. The lowest BCUT2D eigenvalue weighted by Crippen LogP contribution is -2.35. The van der Waals surface area contributed by atoms with Gasteiger partial charge in [0.1, 0.15) is 5.82 Å². The molecule has 1 saturated heterocycles. The van der Waals surface area contributed by atoms with E-state index in [2.05, 4.69) is 4.98 Å². The zero-order valence-electron chi connectivity index (χ0n) is 22.8. The van der Waals surface area contributed by atoms with Gasteiger partial charge in [-0.25, -0.2) is 27.2 Å². The number of carbonyl (C=O) groups is 2. The van der Waals surface area contributed by atoms with Crippen LogP contribution in [0.15, 0.2) is 17.1 Å². The molecule has 1 aliphatic rings. The predicted octanol–water partition coefficient (Wildman–Crippen LogP) is 3.78. The summed E-state index contributed by atoms with van der Waals surface area (Å²) in [4.78, 5) is 39.3. The second kappa shape index (κ2) is 12.8. The molecular formula is C23H36F2N3O10P. The fourth-order valence-electron chi connectivity index (χ4n) is 3.27. The monoisotopic (exact) mass is 583 g/mol. The number of nitrogen functional groups attached to an aromatic ring is 1. The summed E-state index contributed by atoms with van der Waals surface area (Å²) in [5, 5.41) is 0. The average Bonchev–Trinajstić information content (AvgIpc) is 3.04.